The SMILES string of the molecule is Cc1nc(C)c(COc2ccc(-c3nn4cccnc4c3C#N)cc2)s1. The summed E-state index contributed by atoms with van der Waals surface area (Å²) in [5.41, 5.74) is 3.51. The molecule has 0 aliphatic carbocycles. The molecule has 3 heterocycles. The van der Waals surface area contributed by atoms with Gasteiger partial charge in [-0.2, -0.15) is 10.4 Å². The molecule has 0 radical (unpaired) electrons. The topological polar surface area (TPSA) is 76.1 Å². The van der Waals surface area contributed by atoms with E-state index in [-0.39, 0.29) is 0 Å². The summed E-state index contributed by atoms with van der Waals surface area (Å²) in [4.78, 5) is 9.78. The Morgan fingerprint density at radius 3 is 2.73 bits per heavy atom. The monoisotopic (exact) mass is 361 g/mol. The van der Waals surface area contributed by atoms with Crippen LogP contribution < -0.4 is 4.74 Å². The number of thiazole rings is 1. The first-order valence-corrected chi connectivity index (χ1v) is 8.87. The van der Waals surface area contributed by atoms with Crippen LogP contribution in [-0.2, 0) is 6.61 Å². The van der Waals surface area contributed by atoms with Crippen LogP contribution >= 0.6 is 11.3 Å². The Morgan fingerprint density at radius 1 is 1.23 bits per heavy atom. The second-order valence-electron chi connectivity index (χ2n) is 5.78. The van der Waals surface area contributed by atoms with Gasteiger partial charge in [-0.15, -0.1) is 11.3 Å². The van der Waals surface area contributed by atoms with Crippen molar-refractivity contribution in [3.63, 3.8) is 0 Å². The Kier molecular flexibility index (Phi) is 4.11. The summed E-state index contributed by atoms with van der Waals surface area (Å²) < 4.78 is 7.48. The van der Waals surface area contributed by atoms with E-state index in [4.69, 9.17) is 4.74 Å². The smallest absolute Gasteiger partial charge is 0.173 e. The molecule has 7 heteroatoms. The number of hydrogen-bond donors (Lipinski definition) is 0. The van der Waals surface area contributed by atoms with Crippen molar-refractivity contribution in [3.05, 3.63) is 63.9 Å². The van der Waals surface area contributed by atoms with Gasteiger partial charge in [0.1, 0.15) is 29.7 Å². The molecule has 0 atom stereocenters. The minimum Gasteiger partial charge on any atom is -0.488 e. The summed E-state index contributed by atoms with van der Waals surface area (Å²) in [5, 5.41) is 15.0. The summed E-state index contributed by atoms with van der Waals surface area (Å²) in [6.45, 7) is 4.48. The highest BCUT2D eigenvalue weighted by molar-refractivity contribution is 7.11. The number of fused-ring (bicyclic) bond motifs is 1. The van der Waals surface area contributed by atoms with Crippen molar-refractivity contribution in [2.45, 2.75) is 20.5 Å². The highest BCUT2D eigenvalue weighted by atomic mass is 32.1. The van der Waals surface area contributed by atoms with E-state index in [1.165, 1.54) is 0 Å². The van der Waals surface area contributed by atoms with Gasteiger partial charge in [-0.3, -0.25) is 0 Å². The van der Waals surface area contributed by atoms with E-state index in [9.17, 15) is 5.26 Å². The highest BCUT2D eigenvalue weighted by Gasteiger charge is 2.15. The molecule has 0 saturated carbocycles. The Hall–Kier alpha value is -3.24. The average Bonchev–Trinajstić information content (AvgIpc) is 3.19. The molecule has 0 spiro atoms. The van der Waals surface area contributed by atoms with Crippen LogP contribution in [0, 0.1) is 25.2 Å². The second kappa shape index (κ2) is 6.58. The third kappa shape index (κ3) is 2.91. The van der Waals surface area contributed by atoms with E-state index < -0.39 is 0 Å². The Morgan fingerprint density at radius 2 is 2.04 bits per heavy atom. The fraction of sp³-hybridized carbons (Fsp3) is 0.158. The summed E-state index contributed by atoms with van der Waals surface area (Å²) in [6, 6.07) is 11.6. The maximum Gasteiger partial charge on any atom is 0.173 e. The number of rotatable bonds is 4. The second-order valence-corrected chi connectivity index (χ2v) is 7.07. The first-order chi connectivity index (χ1) is 12.7. The van der Waals surface area contributed by atoms with Gasteiger partial charge in [0.25, 0.3) is 0 Å². The van der Waals surface area contributed by atoms with Crippen molar-refractivity contribution in [1.29, 1.82) is 5.26 Å². The normalized spacial score (nSPS) is 10.8. The maximum atomic E-state index is 9.49. The van der Waals surface area contributed by atoms with Crippen LogP contribution in [0.1, 0.15) is 21.1 Å². The molecule has 0 bridgehead atoms. The largest absolute Gasteiger partial charge is 0.488 e. The third-order valence-corrected chi connectivity index (χ3v) is 5.05. The zero-order chi connectivity index (χ0) is 18.1. The number of ether oxygens (including phenoxy) is 1. The molecule has 1 aromatic carbocycles. The standard InChI is InChI=1S/C19H15N5OS/c1-12-17(26-13(2)22-12)11-25-15-6-4-14(5-7-15)18-16(10-20)19-21-8-3-9-24(19)23-18/h3-9H,11H2,1-2H3. The number of benzene rings is 1. The molecule has 0 fully saturated rings. The third-order valence-electron chi connectivity index (χ3n) is 4.00. The van der Waals surface area contributed by atoms with Gasteiger partial charge in [0.05, 0.1) is 15.6 Å². The molecule has 0 aliphatic rings. The van der Waals surface area contributed by atoms with Gasteiger partial charge in [0, 0.05) is 18.0 Å². The summed E-state index contributed by atoms with van der Waals surface area (Å²) in [7, 11) is 0. The summed E-state index contributed by atoms with van der Waals surface area (Å²) in [5.74, 6) is 0.764. The van der Waals surface area contributed by atoms with E-state index in [1.54, 1.807) is 34.3 Å². The fourth-order valence-electron chi connectivity index (χ4n) is 2.76. The summed E-state index contributed by atoms with van der Waals surface area (Å²) >= 11 is 1.65. The molecule has 0 aliphatic heterocycles. The van der Waals surface area contributed by atoms with Crippen molar-refractivity contribution in [2.75, 3.05) is 0 Å². The Bertz CT molecular complexity index is 1120. The van der Waals surface area contributed by atoms with E-state index in [2.05, 4.69) is 21.1 Å². The zero-order valence-electron chi connectivity index (χ0n) is 14.3. The molecular formula is C19H15N5OS. The molecule has 0 amide bonds. The van der Waals surface area contributed by atoms with Crippen molar-refractivity contribution in [2.24, 2.45) is 0 Å². The number of nitriles is 1. The van der Waals surface area contributed by atoms with Crippen molar-refractivity contribution in [1.82, 2.24) is 19.6 Å². The number of nitrogens with zero attached hydrogens (tertiary/aromatic N) is 5. The number of aromatic nitrogens is 4. The predicted octanol–water partition coefficient (Wildman–Crippen LogP) is 3.92. The van der Waals surface area contributed by atoms with Gasteiger partial charge >= 0.3 is 0 Å². The van der Waals surface area contributed by atoms with Gasteiger partial charge in [0.2, 0.25) is 0 Å². The molecule has 0 unspecified atom stereocenters. The van der Waals surface area contributed by atoms with Crippen LogP contribution in [0.5, 0.6) is 5.75 Å². The zero-order valence-corrected chi connectivity index (χ0v) is 15.1. The van der Waals surface area contributed by atoms with Gasteiger partial charge in [-0.25, -0.2) is 14.5 Å². The molecule has 4 aromatic rings. The summed E-state index contributed by atoms with van der Waals surface area (Å²) in [6.07, 6.45) is 3.44. The average molecular weight is 361 g/mol. The lowest BCUT2D eigenvalue weighted by molar-refractivity contribution is 0.309. The Balaban J connectivity index is 1.58. The first kappa shape index (κ1) is 16.2. The van der Waals surface area contributed by atoms with Gasteiger partial charge in [0.15, 0.2) is 5.65 Å². The van der Waals surface area contributed by atoms with E-state index in [1.807, 2.05) is 38.1 Å². The molecule has 0 saturated heterocycles. The van der Waals surface area contributed by atoms with E-state index in [0.29, 0.717) is 23.5 Å². The molecule has 3 aromatic heterocycles. The number of hydrogen-bond acceptors (Lipinski definition) is 6. The lowest BCUT2D eigenvalue weighted by atomic mass is 10.1. The minimum atomic E-state index is 0.468. The molecule has 6 nitrogen and oxygen atoms in total. The number of aryl methyl sites for hydroxylation is 2. The molecule has 0 N–H and O–H groups in total. The lowest BCUT2D eigenvalue weighted by Crippen LogP contribution is -1.95. The highest BCUT2D eigenvalue weighted by Crippen LogP contribution is 2.27. The van der Waals surface area contributed by atoms with Crippen molar-refractivity contribution >= 4 is 17.0 Å². The predicted molar refractivity (Wildman–Crippen MR) is 99.1 cm³/mol. The maximum absolute atomic E-state index is 9.49. The van der Waals surface area contributed by atoms with Crippen molar-refractivity contribution in [3.8, 4) is 23.1 Å². The van der Waals surface area contributed by atoms with Gasteiger partial charge in [-0.1, -0.05) is 0 Å². The van der Waals surface area contributed by atoms with E-state index >= 15 is 0 Å². The van der Waals surface area contributed by atoms with Crippen LogP contribution in [0.25, 0.3) is 16.9 Å². The lowest BCUT2D eigenvalue weighted by Gasteiger charge is -2.06. The molecular weight excluding hydrogens is 346 g/mol. The Labute approximate surface area is 154 Å². The van der Waals surface area contributed by atoms with Crippen molar-refractivity contribution < 1.29 is 4.74 Å². The van der Waals surface area contributed by atoms with Crippen LogP contribution in [0.2, 0.25) is 0 Å². The quantitative estimate of drug-likeness (QED) is 0.551. The van der Waals surface area contributed by atoms with Crippen LogP contribution in [0.3, 0.4) is 0 Å². The first-order valence-electron chi connectivity index (χ1n) is 8.05. The van der Waals surface area contributed by atoms with Gasteiger partial charge in [-0.05, 0) is 44.2 Å². The minimum absolute atomic E-state index is 0.468. The van der Waals surface area contributed by atoms with Crippen LogP contribution in [-0.4, -0.2) is 19.6 Å². The van der Waals surface area contributed by atoms with Crippen LogP contribution in [0.15, 0.2) is 42.7 Å². The van der Waals surface area contributed by atoms with Crippen LogP contribution in [0.4, 0.5) is 0 Å². The van der Waals surface area contributed by atoms with Gasteiger partial charge < -0.3 is 4.74 Å². The molecule has 4 rings (SSSR count). The molecule has 26 heavy (non-hydrogen) atoms. The molecule has 128 valence electrons. The van der Waals surface area contributed by atoms with E-state index in [0.717, 1.165) is 26.9 Å². The fourth-order valence-corrected chi connectivity index (χ4v) is 3.61.